The van der Waals surface area contributed by atoms with Crippen molar-refractivity contribution in [3.05, 3.63) is 47.5 Å². The minimum atomic E-state index is -0.0945. The number of methoxy groups -OCH3 is 2. The van der Waals surface area contributed by atoms with Gasteiger partial charge < -0.3 is 24.3 Å². The summed E-state index contributed by atoms with van der Waals surface area (Å²) in [7, 11) is 3.21. The number of hydrogen-bond acceptors (Lipinski definition) is 6. The summed E-state index contributed by atoms with van der Waals surface area (Å²) in [6.45, 7) is 2.16. The van der Waals surface area contributed by atoms with Crippen LogP contribution < -0.4 is 24.3 Å². The lowest BCUT2D eigenvalue weighted by atomic mass is 10.2. The van der Waals surface area contributed by atoms with E-state index in [1.165, 1.54) is 0 Å². The van der Waals surface area contributed by atoms with E-state index in [9.17, 15) is 4.79 Å². The van der Waals surface area contributed by atoms with Crippen molar-refractivity contribution >= 4 is 5.91 Å². The maximum absolute atomic E-state index is 12.4. The molecule has 1 fully saturated rings. The van der Waals surface area contributed by atoms with Gasteiger partial charge in [0, 0.05) is 25.7 Å². The summed E-state index contributed by atoms with van der Waals surface area (Å²) >= 11 is 0. The summed E-state index contributed by atoms with van der Waals surface area (Å²) in [6, 6.07) is 11.4. The number of benzene rings is 2. The Balaban J connectivity index is 1.30. The number of amides is 1. The molecule has 1 N–H and O–H groups in total. The zero-order valence-electron chi connectivity index (χ0n) is 15.4. The minimum Gasteiger partial charge on any atom is -0.497 e. The van der Waals surface area contributed by atoms with Crippen LogP contribution in [0.1, 0.15) is 11.1 Å². The molecule has 2 aromatic rings. The Labute approximate surface area is 157 Å². The van der Waals surface area contributed by atoms with E-state index in [2.05, 4.69) is 10.2 Å². The topological polar surface area (TPSA) is 69.0 Å². The van der Waals surface area contributed by atoms with E-state index in [-0.39, 0.29) is 18.7 Å². The van der Waals surface area contributed by atoms with Gasteiger partial charge in [0.15, 0.2) is 11.5 Å². The Morgan fingerprint density at radius 3 is 2.56 bits per heavy atom. The largest absolute Gasteiger partial charge is 0.497 e. The van der Waals surface area contributed by atoms with Crippen molar-refractivity contribution < 1.29 is 23.7 Å². The average molecular weight is 370 g/mol. The molecule has 2 aromatic carbocycles. The molecule has 0 spiro atoms. The number of nitrogens with one attached hydrogen (secondary N) is 1. The van der Waals surface area contributed by atoms with Gasteiger partial charge in [-0.2, -0.15) is 0 Å². The van der Waals surface area contributed by atoms with Crippen LogP contribution in [0.15, 0.2) is 36.4 Å². The lowest BCUT2D eigenvalue weighted by Gasteiger charge is -2.10. The van der Waals surface area contributed by atoms with E-state index in [0.717, 1.165) is 29.2 Å². The minimum absolute atomic E-state index is 0.0255. The fourth-order valence-electron chi connectivity index (χ4n) is 3.15. The van der Waals surface area contributed by atoms with Crippen LogP contribution in [0.3, 0.4) is 0 Å². The van der Waals surface area contributed by atoms with E-state index >= 15 is 0 Å². The van der Waals surface area contributed by atoms with E-state index < -0.39 is 0 Å². The molecule has 7 nitrogen and oxygen atoms in total. The van der Waals surface area contributed by atoms with Crippen molar-refractivity contribution in [2.24, 2.45) is 0 Å². The number of carbonyl (C=O) groups excluding carboxylic acids is 1. The Kier molecular flexibility index (Phi) is 4.77. The Hall–Kier alpha value is -2.93. The zero-order chi connectivity index (χ0) is 18.8. The smallest absolute Gasteiger partial charge is 0.238 e. The Morgan fingerprint density at radius 2 is 1.81 bits per heavy atom. The van der Waals surface area contributed by atoms with Gasteiger partial charge >= 0.3 is 0 Å². The molecule has 0 aromatic heterocycles. The molecule has 142 valence electrons. The molecule has 7 heteroatoms. The molecule has 2 heterocycles. The standard InChI is InChI=1S/C20H22N2O5/c1-24-15-5-14(6-16(8-15)25-2)9-21-20(23)17-11-22(17)10-13-3-4-18-19(7-13)27-12-26-18/h3-8,17H,9-12H2,1-2H3,(H,21,23). The van der Waals surface area contributed by atoms with Crippen molar-refractivity contribution in [2.75, 3.05) is 27.6 Å². The van der Waals surface area contributed by atoms with Crippen LogP contribution in [0, 0.1) is 0 Å². The quantitative estimate of drug-likeness (QED) is 0.751. The first-order valence-electron chi connectivity index (χ1n) is 8.78. The van der Waals surface area contributed by atoms with Gasteiger partial charge in [-0.3, -0.25) is 9.69 Å². The van der Waals surface area contributed by atoms with Crippen LogP contribution in [0.4, 0.5) is 0 Å². The number of nitrogens with zero attached hydrogens (tertiary/aromatic N) is 1. The molecule has 1 saturated heterocycles. The predicted molar refractivity (Wildman–Crippen MR) is 98.2 cm³/mol. The number of ether oxygens (including phenoxy) is 4. The van der Waals surface area contributed by atoms with Crippen LogP contribution in [0.5, 0.6) is 23.0 Å². The molecule has 2 aliphatic rings. The summed E-state index contributed by atoms with van der Waals surface area (Å²) in [6.07, 6.45) is 0. The molecular weight excluding hydrogens is 348 g/mol. The molecule has 2 atom stereocenters. The van der Waals surface area contributed by atoms with Gasteiger partial charge in [-0.1, -0.05) is 6.07 Å². The van der Waals surface area contributed by atoms with Gasteiger partial charge in [-0.25, -0.2) is 0 Å². The van der Waals surface area contributed by atoms with E-state index in [1.807, 2.05) is 30.3 Å². The maximum Gasteiger partial charge on any atom is 0.238 e. The molecule has 0 radical (unpaired) electrons. The first kappa shape index (κ1) is 17.5. The second kappa shape index (κ2) is 7.36. The summed E-state index contributed by atoms with van der Waals surface area (Å²) < 4.78 is 21.2. The van der Waals surface area contributed by atoms with Crippen molar-refractivity contribution in [3.63, 3.8) is 0 Å². The second-order valence-electron chi connectivity index (χ2n) is 6.57. The monoisotopic (exact) mass is 370 g/mol. The average Bonchev–Trinajstić information content (AvgIpc) is 3.30. The van der Waals surface area contributed by atoms with Crippen LogP contribution >= 0.6 is 0 Å². The fourth-order valence-corrected chi connectivity index (χ4v) is 3.15. The molecular formula is C20H22N2O5. The van der Waals surface area contributed by atoms with Gasteiger partial charge in [-0.05, 0) is 35.4 Å². The zero-order valence-corrected chi connectivity index (χ0v) is 15.4. The molecule has 2 aliphatic heterocycles. The van der Waals surface area contributed by atoms with Crippen LogP contribution in [0.25, 0.3) is 0 Å². The molecule has 0 aliphatic carbocycles. The van der Waals surface area contributed by atoms with Crippen molar-refractivity contribution in [1.29, 1.82) is 0 Å². The highest BCUT2D eigenvalue weighted by Crippen LogP contribution is 2.34. The number of carbonyl (C=O) groups is 1. The first-order valence-corrected chi connectivity index (χ1v) is 8.78. The fraction of sp³-hybridized carbons (Fsp3) is 0.350. The summed E-state index contributed by atoms with van der Waals surface area (Å²) in [4.78, 5) is 14.5. The van der Waals surface area contributed by atoms with E-state index in [1.54, 1.807) is 20.3 Å². The number of rotatable bonds is 7. The van der Waals surface area contributed by atoms with Gasteiger partial charge in [0.05, 0.1) is 14.2 Å². The Bertz CT molecular complexity index is 832. The molecule has 27 heavy (non-hydrogen) atoms. The second-order valence-corrected chi connectivity index (χ2v) is 6.57. The number of fused-ring (bicyclic) bond motifs is 1. The molecule has 1 amide bonds. The van der Waals surface area contributed by atoms with E-state index in [4.69, 9.17) is 18.9 Å². The lowest BCUT2D eigenvalue weighted by Crippen LogP contribution is -2.29. The molecule has 0 saturated carbocycles. The van der Waals surface area contributed by atoms with Crippen molar-refractivity contribution in [3.8, 4) is 23.0 Å². The molecule has 0 bridgehead atoms. The summed E-state index contributed by atoms with van der Waals surface area (Å²) in [5, 5.41) is 2.98. The third kappa shape index (κ3) is 3.93. The van der Waals surface area contributed by atoms with Crippen molar-refractivity contribution in [1.82, 2.24) is 10.2 Å². The first-order chi connectivity index (χ1) is 13.2. The van der Waals surface area contributed by atoms with Crippen molar-refractivity contribution in [2.45, 2.75) is 19.1 Å². The predicted octanol–water partition coefficient (Wildman–Crippen LogP) is 1.93. The van der Waals surface area contributed by atoms with Crippen LogP contribution in [-0.2, 0) is 17.9 Å². The highest BCUT2D eigenvalue weighted by Gasteiger charge is 2.40. The highest BCUT2D eigenvalue weighted by molar-refractivity contribution is 5.84. The third-order valence-corrected chi connectivity index (χ3v) is 4.72. The van der Waals surface area contributed by atoms with Crippen LogP contribution in [-0.4, -0.2) is 44.4 Å². The highest BCUT2D eigenvalue weighted by atomic mass is 16.7. The summed E-state index contributed by atoms with van der Waals surface area (Å²) in [5.74, 6) is 2.97. The third-order valence-electron chi connectivity index (χ3n) is 4.72. The summed E-state index contributed by atoms with van der Waals surface area (Å²) in [5.41, 5.74) is 2.04. The van der Waals surface area contributed by atoms with E-state index in [0.29, 0.717) is 24.6 Å². The van der Waals surface area contributed by atoms with Gasteiger partial charge in [0.1, 0.15) is 17.5 Å². The molecule has 4 rings (SSSR count). The lowest BCUT2D eigenvalue weighted by molar-refractivity contribution is -0.121. The number of hydrogen-bond donors (Lipinski definition) is 1. The molecule has 2 unspecified atom stereocenters. The normalized spacial score (nSPS) is 19.5. The maximum atomic E-state index is 12.4. The Morgan fingerprint density at radius 1 is 1.07 bits per heavy atom. The van der Waals surface area contributed by atoms with Gasteiger partial charge in [0.2, 0.25) is 12.7 Å². The van der Waals surface area contributed by atoms with Gasteiger partial charge in [-0.15, -0.1) is 0 Å². The SMILES string of the molecule is COc1cc(CNC(=O)C2CN2Cc2ccc3c(c2)OCO3)cc(OC)c1. The van der Waals surface area contributed by atoms with Crippen LogP contribution in [0.2, 0.25) is 0 Å². The van der Waals surface area contributed by atoms with Gasteiger partial charge in [0.25, 0.3) is 0 Å².